The van der Waals surface area contributed by atoms with Crippen molar-refractivity contribution in [2.75, 3.05) is 18.8 Å². The molecule has 4 nitrogen and oxygen atoms in total. The molecule has 0 saturated carbocycles. The Bertz CT molecular complexity index is 437. The van der Waals surface area contributed by atoms with E-state index in [1.807, 2.05) is 0 Å². The second-order valence-corrected chi connectivity index (χ2v) is 4.28. The number of nitrogens with zero attached hydrogens (tertiary/aromatic N) is 1. The molecule has 0 spiro atoms. The summed E-state index contributed by atoms with van der Waals surface area (Å²) in [7, 11) is 0. The van der Waals surface area contributed by atoms with E-state index in [4.69, 9.17) is 5.73 Å². The molecule has 0 radical (unpaired) electrons. The summed E-state index contributed by atoms with van der Waals surface area (Å²) >= 11 is 0. The van der Waals surface area contributed by atoms with Crippen LogP contribution in [-0.2, 0) is 0 Å². The highest BCUT2D eigenvalue weighted by molar-refractivity contribution is 5.99. The molecule has 92 valence electrons. The summed E-state index contributed by atoms with van der Waals surface area (Å²) in [6.07, 6.45) is 1.01. The molecule has 1 aromatic carbocycles. The van der Waals surface area contributed by atoms with Crippen LogP contribution >= 0.6 is 0 Å². The summed E-state index contributed by atoms with van der Waals surface area (Å²) in [4.78, 5) is 13.6. The normalized spacial score (nSPS) is 20.4. The van der Waals surface area contributed by atoms with Crippen LogP contribution in [0.3, 0.4) is 0 Å². The zero-order chi connectivity index (χ0) is 12.4. The van der Waals surface area contributed by atoms with E-state index in [1.165, 1.54) is 12.1 Å². The van der Waals surface area contributed by atoms with Crippen molar-refractivity contribution in [1.82, 2.24) is 4.90 Å². The summed E-state index contributed by atoms with van der Waals surface area (Å²) in [5.74, 6) is -0.709. The minimum Gasteiger partial charge on any atom is -0.398 e. The van der Waals surface area contributed by atoms with Crippen molar-refractivity contribution in [1.29, 1.82) is 0 Å². The lowest BCUT2D eigenvalue weighted by atomic mass is 10.1. The minimum atomic E-state index is -0.477. The van der Waals surface area contributed by atoms with Gasteiger partial charge in [0.2, 0.25) is 0 Å². The van der Waals surface area contributed by atoms with Crippen molar-refractivity contribution in [2.24, 2.45) is 0 Å². The number of piperidine rings is 1. The van der Waals surface area contributed by atoms with Crippen molar-refractivity contribution in [3.8, 4) is 0 Å². The highest BCUT2D eigenvalue weighted by Crippen LogP contribution is 2.18. The van der Waals surface area contributed by atoms with E-state index in [0.29, 0.717) is 25.1 Å². The predicted molar refractivity (Wildman–Crippen MR) is 62.0 cm³/mol. The maximum absolute atomic E-state index is 12.9. The summed E-state index contributed by atoms with van der Waals surface area (Å²) < 4.78 is 12.9. The fraction of sp³-hybridized carbons (Fsp3) is 0.417. The number of nitrogen functional groups attached to an aromatic ring is 1. The number of β-amino-alcohol motifs (C(OH)–C–C–N with tert-alkyl or cyclic N) is 1. The number of rotatable bonds is 1. The predicted octanol–water partition coefficient (Wildman–Crippen LogP) is 1.00. The van der Waals surface area contributed by atoms with Crippen LogP contribution in [0.25, 0.3) is 0 Å². The lowest BCUT2D eigenvalue weighted by Gasteiger charge is -2.30. The number of amides is 1. The van der Waals surface area contributed by atoms with Crippen LogP contribution in [-0.4, -0.2) is 35.1 Å². The number of halogens is 1. The van der Waals surface area contributed by atoms with Crippen molar-refractivity contribution < 1.29 is 14.3 Å². The molecule has 1 aromatic rings. The van der Waals surface area contributed by atoms with Crippen LogP contribution < -0.4 is 5.73 Å². The fourth-order valence-electron chi connectivity index (χ4n) is 2.04. The fourth-order valence-corrected chi connectivity index (χ4v) is 2.04. The first-order valence-electron chi connectivity index (χ1n) is 5.60. The van der Waals surface area contributed by atoms with Gasteiger partial charge in [-0.05, 0) is 31.0 Å². The number of carbonyl (C=O) groups is 1. The quantitative estimate of drug-likeness (QED) is 0.717. The number of likely N-dealkylation sites (tertiary alicyclic amines) is 1. The third-order valence-corrected chi connectivity index (χ3v) is 2.93. The second kappa shape index (κ2) is 4.71. The van der Waals surface area contributed by atoms with Gasteiger partial charge in [-0.1, -0.05) is 0 Å². The van der Waals surface area contributed by atoms with E-state index in [9.17, 15) is 14.3 Å². The zero-order valence-electron chi connectivity index (χ0n) is 9.40. The van der Waals surface area contributed by atoms with E-state index < -0.39 is 11.9 Å². The van der Waals surface area contributed by atoms with E-state index >= 15 is 0 Å². The smallest absolute Gasteiger partial charge is 0.256 e. The molecule has 0 aliphatic carbocycles. The van der Waals surface area contributed by atoms with Crippen LogP contribution in [0.2, 0.25) is 0 Å². The third-order valence-electron chi connectivity index (χ3n) is 2.93. The van der Waals surface area contributed by atoms with E-state index in [1.54, 1.807) is 4.90 Å². The average Bonchev–Trinajstić information content (AvgIpc) is 2.28. The van der Waals surface area contributed by atoms with E-state index in [2.05, 4.69) is 0 Å². The molecular weight excluding hydrogens is 223 g/mol. The topological polar surface area (TPSA) is 66.6 Å². The number of nitrogens with two attached hydrogens (primary N) is 1. The molecule has 1 saturated heterocycles. The lowest BCUT2D eigenvalue weighted by molar-refractivity contribution is 0.0474. The number of aliphatic hydroxyl groups excluding tert-OH is 1. The molecule has 1 aliphatic heterocycles. The highest BCUT2D eigenvalue weighted by Gasteiger charge is 2.24. The van der Waals surface area contributed by atoms with Gasteiger partial charge in [0.15, 0.2) is 0 Å². The molecule has 1 aliphatic rings. The maximum Gasteiger partial charge on any atom is 0.256 e. The third kappa shape index (κ3) is 2.55. The standard InChI is InChI=1S/C12H15FN2O2/c13-8-3-4-10(11(14)6-8)12(17)15-5-1-2-9(16)7-15/h3-4,6,9,16H,1-2,5,7,14H2/t9-/m0/s1. The summed E-state index contributed by atoms with van der Waals surface area (Å²) in [5, 5.41) is 9.50. The molecule has 1 heterocycles. The van der Waals surface area contributed by atoms with Crippen molar-refractivity contribution in [3.63, 3.8) is 0 Å². The Kier molecular flexibility index (Phi) is 3.28. The van der Waals surface area contributed by atoms with Crippen molar-refractivity contribution in [2.45, 2.75) is 18.9 Å². The molecule has 1 atom stereocenters. The summed E-state index contributed by atoms with van der Waals surface area (Å²) in [6, 6.07) is 3.73. The Balaban J connectivity index is 2.18. The summed E-state index contributed by atoms with van der Waals surface area (Å²) in [5.41, 5.74) is 6.04. The largest absolute Gasteiger partial charge is 0.398 e. The van der Waals surface area contributed by atoms with Gasteiger partial charge in [-0.25, -0.2) is 4.39 Å². The number of hydrogen-bond donors (Lipinski definition) is 2. The van der Waals surface area contributed by atoms with E-state index in [0.717, 1.165) is 12.5 Å². The molecule has 0 bridgehead atoms. The molecule has 3 N–H and O–H groups in total. The average molecular weight is 238 g/mol. The number of anilines is 1. The van der Waals surface area contributed by atoms with Gasteiger partial charge in [0, 0.05) is 18.8 Å². The van der Waals surface area contributed by atoms with Gasteiger partial charge < -0.3 is 15.7 Å². The molecule has 0 aromatic heterocycles. The van der Waals surface area contributed by atoms with Gasteiger partial charge in [0.1, 0.15) is 5.82 Å². The Morgan fingerprint density at radius 1 is 1.53 bits per heavy atom. The van der Waals surface area contributed by atoms with Crippen molar-refractivity contribution in [3.05, 3.63) is 29.6 Å². The monoisotopic (exact) mass is 238 g/mol. The van der Waals surface area contributed by atoms with Gasteiger partial charge in [-0.3, -0.25) is 4.79 Å². The van der Waals surface area contributed by atoms with Gasteiger partial charge >= 0.3 is 0 Å². The Morgan fingerprint density at radius 2 is 2.29 bits per heavy atom. The number of carbonyl (C=O) groups excluding carboxylic acids is 1. The molecule has 1 fully saturated rings. The zero-order valence-corrected chi connectivity index (χ0v) is 9.40. The Hall–Kier alpha value is -1.62. The first-order valence-corrected chi connectivity index (χ1v) is 5.60. The van der Waals surface area contributed by atoms with E-state index in [-0.39, 0.29) is 11.6 Å². The first-order chi connectivity index (χ1) is 8.08. The van der Waals surface area contributed by atoms with Gasteiger partial charge in [0.05, 0.1) is 11.7 Å². The van der Waals surface area contributed by atoms with Gasteiger partial charge in [-0.15, -0.1) is 0 Å². The van der Waals surface area contributed by atoms with Gasteiger partial charge in [-0.2, -0.15) is 0 Å². The molecule has 0 unspecified atom stereocenters. The van der Waals surface area contributed by atoms with Crippen LogP contribution in [0, 0.1) is 5.82 Å². The lowest BCUT2D eigenvalue weighted by Crippen LogP contribution is -2.42. The SMILES string of the molecule is Nc1cc(F)ccc1C(=O)N1CCC[C@H](O)C1. The van der Waals surface area contributed by atoms with Gasteiger partial charge in [0.25, 0.3) is 5.91 Å². The number of benzene rings is 1. The number of hydrogen-bond acceptors (Lipinski definition) is 3. The minimum absolute atomic E-state index is 0.134. The van der Waals surface area contributed by atoms with Crippen LogP contribution in [0.15, 0.2) is 18.2 Å². The molecule has 17 heavy (non-hydrogen) atoms. The van der Waals surface area contributed by atoms with Crippen LogP contribution in [0.4, 0.5) is 10.1 Å². The number of aliphatic hydroxyl groups is 1. The molecular formula is C12H15FN2O2. The molecule has 2 rings (SSSR count). The van der Waals surface area contributed by atoms with Crippen LogP contribution in [0.1, 0.15) is 23.2 Å². The first kappa shape index (κ1) is 11.9. The Labute approximate surface area is 98.8 Å². The second-order valence-electron chi connectivity index (χ2n) is 4.28. The maximum atomic E-state index is 12.9. The molecule has 5 heteroatoms. The Morgan fingerprint density at radius 3 is 2.94 bits per heavy atom. The molecule has 1 amide bonds. The van der Waals surface area contributed by atoms with Crippen molar-refractivity contribution >= 4 is 11.6 Å². The highest BCUT2D eigenvalue weighted by atomic mass is 19.1. The van der Waals surface area contributed by atoms with Crippen LogP contribution in [0.5, 0.6) is 0 Å². The summed E-state index contributed by atoms with van der Waals surface area (Å²) in [6.45, 7) is 0.919.